The molecule has 2 aliphatic rings. The second-order valence-corrected chi connectivity index (χ2v) is 6.25. The molecule has 0 aliphatic heterocycles. The minimum Gasteiger partial charge on any atom is -0.335 e. The Hall–Kier alpha value is -0.900. The van der Waals surface area contributed by atoms with Crippen LogP contribution in [0.1, 0.15) is 50.8 Å². The molecule has 1 saturated carbocycles. The van der Waals surface area contributed by atoms with E-state index in [1.165, 1.54) is 0 Å². The molecule has 1 aromatic rings. The van der Waals surface area contributed by atoms with E-state index in [4.69, 9.17) is 12.2 Å². The van der Waals surface area contributed by atoms with Gasteiger partial charge >= 0.3 is 0 Å². The normalized spacial score (nSPS) is 34.1. The Kier molecular flexibility index (Phi) is 1.71. The van der Waals surface area contributed by atoms with Gasteiger partial charge in [0.15, 0.2) is 4.77 Å². The molecular formula is C12H16N2OS. The molecule has 3 rings (SSSR count). The highest BCUT2D eigenvalue weighted by Gasteiger charge is 2.60. The van der Waals surface area contributed by atoms with Crippen LogP contribution in [0.2, 0.25) is 0 Å². The monoisotopic (exact) mass is 236 g/mol. The Morgan fingerprint density at radius 3 is 2.69 bits per heavy atom. The predicted molar refractivity (Wildman–Crippen MR) is 65.4 cm³/mol. The number of rotatable bonds is 0. The van der Waals surface area contributed by atoms with Gasteiger partial charge in [-0.2, -0.15) is 0 Å². The van der Waals surface area contributed by atoms with E-state index in [0.29, 0.717) is 10.7 Å². The lowest BCUT2D eigenvalue weighted by Gasteiger charge is -2.34. The Labute approximate surface area is 99.3 Å². The van der Waals surface area contributed by atoms with E-state index in [2.05, 4.69) is 30.7 Å². The Balaban J connectivity index is 2.43. The van der Waals surface area contributed by atoms with Gasteiger partial charge in [-0.15, -0.1) is 0 Å². The Bertz CT molecular complexity index is 583. The lowest BCUT2D eigenvalue weighted by atomic mass is 9.70. The molecule has 2 bridgehead atoms. The van der Waals surface area contributed by atoms with Gasteiger partial charge in [-0.3, -0.25) is 9.78 Å². The zero-order valence-corrected chi connectivity index (χ0v) is 10.6. The SMILES string of the molecule is CC1(C)[C@@H]2CC[C@]1(C)c1[nH]c(=S)[nH]c(=O)c12. The zero-order chi connectivity index (χ0) is 11.7. The number of hydrogen-bond donors (Lipinski definition) is 2. The minimum atomic E-state index is 0.0141. The van der Waals surface area contributed by atoms with Crippen molar-refractivity contribution in [1.29, 1.82) is 0 Å². The molecule has 86 valence electrons. The summed E-state index contributed by atoms with van der Waals surface area (Å²) in [6.07, 6.45) is 2.26. The summed E-state index contributed by atoms with van der Waals surface area (Å²) in [4.78, 5) is 17.9. The van der Waals surface area contributed by atoms with Gasteiger partial charge in [-0.05, 0) is 36.4 Å². The van der Waals surface area contributed by atoms with Crippen LogP contribution < -0.4 is 5.56 Å². The number of fused-ring (bicyclic) bond motifs is 5. The molecule has 1 fully saturated rings. The van der Waals surface area contributed by atoms with Gasteiger partial charge in [0, 0.05) is 16.7 Å². The maximum absolute atomic E-state index is 12.0. The molecule has 2 atom stereocenters. The van der Waals surface area contributed by atoms with Crippen molar-refractivity contribution in [3.05, 3.63) is 26.4 Å². The lowest BCUT2D eigenvalue weighted by Crippen LogP contribution is -2.32. The molecule has 1 heterocycles. The fraction of sp³-hybridized carbons (Fsp3) is 0.667. The summed E-state index contributed by atoms with van der Waals surface area (Å²) < 4.78 is 0.452. The standard InChI is InChI=1S/C12H16N2OS/c1-11(2)6-4-5-12(11,3)8-7(6)9(15)14-10(16)13-8/h6H,4-5H2,1-3H3,(H2,13,14,15,16)/t6-,12-/m1/s1. The van der Waals surface area contributed by atoms with Crippen LogP contribution in [0.15, 0.2) is 4.79 Å². The van der Waals surface area contributed by atoms with Crippen LogP contribution in [0.3, 0.4) is 0 Å². The molecule has 3 nitrogen and oxygen atoms in total. The summed E-state index contributed by atoms with van der Waals surface area (Å²) in [6.45, 7) is 6.78. The van der Waals surface area contributed by atoms with Gasteiger partial charge in [-0.1, -0.05) is 20.8 Å². The molecule has 0 amide bonds. The summed E-state index contributed by atoms with van der Waals surface area (Å²) in [5.74, 6) is 0.378. The number of nitrogens with one attached hydrogen (secondary N) is 2. The van der Waals surface area contributed by atoms with E-state index in [0.717, 1.165) is 24.1 Å². The third kappa shape index (κ3) is 0.902. The van der Waals surface area contributed by atoms with Crippen LogP contribution >= 0.6 is 12.2 Å². The summed E-state index contributed by atoms with van der Waals surface area (Å²) in [5, 5.41) is 0. The van der Waals surface area contributed by atoms with Crippen molar-refractivity contribution in [3.8, 4) is 0 Å². The lowest BCUT2D eigenvalue weighted by molar-refractivity contribution is 0.227. The maximum Gasteiger partial charge on any atom is 0.255 e. The summed E-state index contributed by atoms with van der Waals surface area (Å²) in [7, 11) is 0. The average Bonchev–Trinajstić information content (AvgIpc) is 2.48. The first-order valence-electron chi connectivity index (χ1n) is 5.75. The largest absolute Gasteiger partial charge is 0.335 e. The number of H-pyrrole nitrogens is 2. The zero-order valence-electron chi connectivity index (χ0n) is 9.81. The first kappa shape index (κ1) is 10.3. The second-order valence-electron chi connectivity index (χ2n) is 5.84. The van der Waals surface area contributed by atoms with Crippen LogP contribution in [0.25, 0.3) is 0 Å². The van der Waals surface area contributed by atoms with E-state index < -0.39 is 0 Å². The van der Waals surface area contributed by atoms with Crippen LogP contribution in [0, 0.1) is 10.2 Å². The highest BCUT2D eigenvalue weighted by Crippen LogP contribution is 2.66. The van der Waals surface area contributed by atoms with Gasteiger partial charge in [0.25, 0.3) is 5.56 Å². The highest BCUT2D eigenvalue weighted by atomic mass is 32.1. The predicted octanol–water partition coefficient (Wildman–Crippen LogP) is 2.61. The van der Waals surface area contributed by atoms with E-state index >= 15 is 0 Å². The van der Waals surface area contributed by atoms with Crippen molar-refractivity contribution in [2.75, 3.05) is 0 Å². The fourth-order valence-electron chi connectivity index (χ4n) is 3.72. The van der Waals surface area contributed by atoms with Crippen molar-refractivity contribution >= 4 is 12.2 Å². The average molecular weight is 236 g/mol. The van der Waals surface area contributed by atoms with E-state index in [-0.39, 0.29) is 16.4 Å². The quantitative estimate of drug-likeness (QED) is 0.680. The van der Waals surface area contributed by atoms with E-state index in [9.17, 15) is 4.79 Å². The van der Waals surface area contributed by atoms with Crippen LogP contribution in [-0.2, 0) is 5.41 Å². The van der Waals surface area contributed by atoms with E-state index in [1.807, 2.05) is 0 Å². The molecule has 0 radical (unpaired) electrons. The van der Waals surface area contributed by atoms with Gasteiger partial charge in [0.05, 0.1) is 0 Å². The first-order chi connectivity index (χ1) is 7.38. The van der Waals surface area contributed by atoms with Crippen molar-refractivity contribution in [2.45, 2.75) is 44.9 Å². The van der Waals surface area contributed by atoms with Crippen molar-refractivity contribution < 1.29 is 0 Å². The Morgan fingerprint density at radius 2 is 2.00 bits per heavy atom. The number of aromatic nitrogens is 2. The van der Waals surface area contributed by atoms with Gasteiger partial charge in [0.2, 0.25) is 0 Å². The topological polar surface area (TPSA) is 48.6 Å². The molecule has 16 heavy (non-hydrogen) atoms. The molecule has 2 N–H and O–H groups in total. The smallest absolute Gasteiger partial charge is 0.255 e. The molecule has 4 heteroatoms. The molecule has 0 saturated heterocycles. The molecule has 0 unspecified atom stereocenters. The molecule has 0 spiro atoms. The Morgan fingerprint density at radius 1 is 1.31 bits per heavy atom. The minimum absolute atomic E-state index is 0.0141. The summed E-state index contributed by atoms with van der Waals surface area (Å²) >= 11 is 5.07. The molecule has 0 aromatic carbocycles. The fourth-order valence-corrected chi connectivity index (χ4v) is 3.91. The van der Waals surface area contributed by atoms with Crippen molar-refractivity contribution in [3.63, 3.8) is 0 Å². The summed E-state index contributed by atoms with van der Waals surface area (Å²) in [6, 6.07) is 0. The molecule has 2 aliphatic carbocycles. The van der Waals surface area contributed by atoms with Crippen molar-refractivity contribution in [1.82, 2.24) is 9.97 Å². The summed E-state index contributed by atoms with van der Waals surface area (Å²) in [5.41, 5.74) is 2.28. The third-order valence-corrected chi connectivity index (χ3v) is 5.31. The van der Waals surface area contributed by atoms with Gasteiger partial charge < -0.3 is 4.98 Å². The van der Waals surface area contributed by atoms with Crippen LogP contribution in [0.4, 0.5) is 0 Å². The maximum atomic E-state index is 12.0. The van der Waals surface area contributed by atoms with Gasteiger partial charge in [-0.25, -0.2) is 0 Å². The molecule has 1 aromatic heterocycles. The van der Waals surface area contributed by atoms with Crippen LogP contribution in [-0.4, -0.2) is 9.97 Å². The second kappa shape index (κ2) is 2.67. The van der Waals surface area contributed by atoms with Gasteiger partial charge in [0.1, 0.15) is 0 Å². The van der Waals surface area contributed by atoms with Crippen LogP contribution in [0.5, 0.6) is 0 Å². The van der Waals surface area contributed by atoms with E-state index in [1.54, 1.807) is 0 Å². The number of hydrogen-bond acceptors (Lipinski definition) is 2. The number of aromatic amines is 2. The first-order valence-corrected chi connectivity index (χ1v) is 6.16. The third-order valence-electron chi connectivity index (χ3n) is 5.11. The van der Waals surface area contributed by atoms with Crippen molar-refractivity contribution in [2.24, 2.45) is 5.41 Å². The molecular weight excluding hydrogens is 220 g/mol. The highest BCUT2D eigenvalue weighted by molar-refractivity contribution is 7.71.